The highest BCUT2D eigenvalue weighted by Crippen LogP contribution is 2.33. The van der Waals surface area contributed by atoms with Crippen molar-refractivity contribution in [3.63, 3.8) is 0 Å². The average molecular weight is 614 g/mol. The number of carbonyl (C=O) groups excluding carboxylic acids is 2. The second kappa shape index (κ2) is 14.4. The lowest BCUT2D eigenvalue weighted by Gasteiger charge is -2.32. The van der Waals surface area contributed by atoms with Crippen molar-refractivity contribution in [3.05, 3.63) is 83.2 Å². The predicted octanol–water partition coefficient (Wildman–Crippen LogP) is 4.99. The standard InChI is InChI=1S/C32H40FN3O6S/c1-8-23(4)34-32(38)24(5)35(19-25-9-11-26(33)12-10-25)31(37)20-36(27-16-21(2)15-22(3)17-27)43(39,40)28-13-14-29(41-6)30(18-28)42-7/h9-18,23-24H,8,19-20H2,1-7H3,(H,34,38)/t23-,24+/m0/s1. The van der Waals surface area contributed by atoms with Crippen molar-refractivity contribution in [3.8, 4) is 11.5 Å². The first-order valence-electron chi connectivity index (χ1n) is 14.0. The molecule has 0 aliphatic rings. The van der Waals surface area contributed by atoms with Crippen molar-refractivity contribution in [1.82, 2.24) is 10.2 Å². The Morgan fingerprint density at radius 1 is 0.907 bits per heavy atom. The molecule has 232 valence electrons. The Hall–Kier alpha value is -4.12. The number of sulfonamides is 1. The van der Waals surface area contributed by atoms with Gasteiger partial charge in [-0.15, -0.1) is 0 Å². The van der Waals surface area contributed by atoms with Crippen LogP contribution in [0.2, 0.25) is 0 Å². The molecule has 3 aromatic carbocycles. The summed E-state index contributed by atoms with van der Waals surface area (Å²) in [4.78, 5) is 28.5. The number of nitrogens with one attached hydrogen (secondary N) is 1. The largest absolute Gasteiger partial charge is 0.493 e. The van der Waals surface area contributed by atoms with Gasteiger partial charge in [-0.2, -0.15) is 0 Å². The summed E-state index contributed by atoms with van der Waals surface area (Å²) in [5, 5.41) is 2.89. The van der Waals surface area contributed by atoms with Gasteiger partial charge in [0.15, 0.2) is 11.5 Å². The van der Waals surface area contributed by atoms with Crippen LogP contribution in [0, 0.1) is 19.7 Å². The van der Waals surface area contributed by atoms with E-state index in [2.05, 4.69) is 5.32 Å². The van der Waals surface area contributed by atoms with Gasteiger partial charge in [-0.3, -0.25) is 13.9 Å². The van der Waals surface area contributed by atoms with Crippen LogP contribution in [0.4, 0.5) is 10.1 Å². The van der Waals surface area contributed by atoms with Crippen LogP contribution < -0.4 is 19.1 Å². The van der Waals surface area contributed by atoms with Gasteiger partial charge in [0, 0.05) is 18.7 Å². The first-order valence-corrected chi connectivity index (χ1v) is 15.4. The molecule has 0 saturated carbocycles. The molecule has 0 saturated heterocycles. The van der Waals surface area contributed by atoms with Crippen molar-refractivity contribution >= 4 is 27.5 Å². The van der Waals surface area contributed by atoms with Gasteiger partial charge in [0.05, 0.1) is 24.8 Å². The zero-order chi connectivity index (χ0) is 31.9. The zero-order valence-electron chi connectivity index (χ0n) is 25.7. The van der Waals surface area contributed by atoms with E-state index in [9.17, 15) is 22.4 Å². The molecule has 0 bridgehead atoms. The summed E-state index contributed by atoms with van der Waals surface area (Å²) in [6.45, 7) is 8.41. The highest BCUT2D eigenvalue weighted by atomic mass is 32.2. The van der Waals surface area contributed by atoms with Crippen LogP contribution in [0.3, 0.4) is 0 Å². The highest BCUT2D eigenvalue weighted by Gasteiger charge is 2.33. The summed E-state index contributed by atoms with van der Waals surface area (Å²) < 4.78 is 53.7. The Morgan fingerprint density at radius 2 is 1.51 bits per heavy atom. The lowest BCUT2D eigenvalue weighted by Crippen LogP contribution is -2.52. The molecule has 2 amide bonds. The van der Waals surface area contributed by atoms with Crippen molar-refractivity contribution in [2.75, 3.05) is 25.1 Å². The number of ether oxygens (including phenoxy) is 2. The van der Waals surface area contributed by atoms with E-state index in [1.54, 1.807) is 19.1 Å². The minimum Gasteiger partial charge on any atom is -0.493 e. The zero-order valence-corrected chi connectivity index (χ0v) is 26.5. The van der Waals surface area contributed by atoms with Gasteiger partial charge in [-0.05, 0) is 87.2 Å². The number of aryl methyl sites for hydroxylation is 2. The maximum atomic E-state index is 14.2. The van der Waals surface area contributed by atoms with Gasteiger partial charge in [0.1, 0.15) is 18.4 Å². The molecule has 11 heteroatoms. The number of hydrogen-bond donors (Lipinski definition) is 1. The third-order valence-electron chi connectivity index (χ3n) is 7.15. The second-order valence-corrected chi connectivity index (χ2v) is 12.4. The molecule has 0 aliphatic carbocycles. The van der Waals surface area contributed by atoms with Crippen molar-refractivity contribution in [2.45, 2.75) is 64.6 Å². The lowest BCUT2D eigenvalue weighted by atomic mass is 10.1. The number of benzene rings is 3. The minimum absolute atomic E-state index is 0.0364. The number of hydrogen-bond acceptors (Lipinski definition) is 6. The van der Waals surface area contributed by atoms with Crippen LogP contribution in [0.1, 0.15) is 43.9 Å². The maximum absolute atomic E-state index is 14.2. The molecule has 43 heavy (non-hydrogen) atoms. The van der Waals surface area contributed by atoms with Crippen LogP contribution in [-0.4, -0.2) is 58.0 Å². The molecule has 0 aliphatic heterocycles. The van der Waals surface area contributed by atoms with Crippen molar-refractivity contribution in [1.29, 1.82) is 0 Å². The van der Waals surface area contributed by atoms with Crippen LogP contribution in [0.5, 0.6) is 11.5 Å². The smallest absolute Gasteiger partial charge is 0.264 e. The summed E-state index contributed by atoms with van der Waals surface area (Å²) in [5.41, 5.74) is 2.48. The fourth-order valence-electron chi connectivity index (χ4n) is 4.56. The van der Waals surface area contributed by atoms with E-state index in [-0.39, 0.29) is 29.1 Å². The van der Waals surface area contributed by atoms with Crippen LogP contribution in [0.15, 0.2) is 65.6 Å². The summed E-state index contributed by atoms with van der Waals surface area (Å²) >= 11 is 0. The SMILES string of the molecule is CC[C@H](C)NC(=O)[C@@H](C)N(Cc1ccc(F)cc1)C(=O)CN(c1cc(C)cc(C)c1)S(=O)(=O)c1ccc(OC)c(OC)c1. The molecule has 0 heterocycles. The fourth-order valence-corrected chi connectivity index (χ4v) is 5.98. The van der Waals surface area contributed by atoms with E-state index in [1.807, 2.05) is 33.8 Å². The lowest BCUT2D eigenvalue weighted by molar-refractivity contribution is -0.139. The molecular formula is C32H40FN3O6S. The number of carbonyl (C=O) groups is 2. The molecule has 1 N–H and O–H groups in total. The van der Waals surface area contributed by atoms with E-state index >= 15 is 0 Å². The molecule has 2 atom stereocenters. The molecule has 0 spiro atoms. The Morgan fingerprint density at radius 3 is 2.07 bits per heavy atom. The second-order valence-electron chi connectivity index (χ2n) is 10.5. The quantitative estimate of drug-likeness (QED) is 0.291. The van der Waals surface area contributed by atoms with Crippen LogP contribution in [0.25, 0.3) is 0 Å². The number of rotatable bonds is 13. The van der Waals surface area contributed by atoms with Crippen molar-refractivity contribution < 1.29 is 31.9 Å². The van der Waals surface area contributed by atoms with Gasteiger partial charge in [-0.1, -0.05) is 25.1 Å². The summed E-state index contributed by atoms with van der Waals surface area (Å²) in [7, 11) is -1.47. The summed E-state index contributed by atoms with van der Waals surface area (Å²) in [6.07, 6.45) is 0.689. The third kappa shape index (κ3) is 8.25. The Kier molecular flexibility index (Phi) is 11.2. The first-order chi connectivity index (χ1) is 20.3. The molecule has 9 nitrogen and oxygen atoms in total. The number of amides is 2. The Bertz CT molecular complexity index is 1520. The monoisotopic (exact) mass is 613 g/mol. The molecule has 3 aromatic rings. The first kappa shape index (κ1) is 33.4. The summed E-state index contributed by atoms with van der Waals surface area (Å²) in [5.74, 6) is -0.873. The summed E-state index contributed by atoms with van der Waals surface area (Å²) in [6, 6.07) is 14.0. The van der Waals surface area contributed by atoms with Gasteiger partial charge < -0.3 is 19.7 Å². The van der Waals surface area contributed by atoms with Crippen LogP contribution >= 0.6 is 0 Å². The van der Waals surface area contributed by atoms with Gasteiger partial charge in [-0.25, -0.2) is 12.8 Å². The predicted molar refractivity (Wildman–Crippen MR) is 164 cm³/mol. The van der Waals surface area contributed by atoms with Gasteiger partial charge in [0.25, 0.3) is 10.0 Å². The molecule has 0 radical (unpaired) electrons. The van der Waals surface area contributed by atoms with Crippen molar-refractivity contribution in [2.24, 2.45) is 0 Å². The number of halogens is 1. The fraction of sp³-hybridized carbons (Fsp3) is 0.375. The Balaban J connectivity index is 2.10. The van der Waals surface area contributed by atoms with Gasteiger partial charge >= 0.3 is 0 Å². The van der Waals surface area contributed by atoms with E-state index in [4.69, 9.17) is 9.47 Å². The minimum atomic E-state index is -4.32. The van der Waals surface area contributed by atoms with Gasteiger partial charge in [0.2, 0.25) is 11.8 Å². The highest BCUT2D eigenvalue weighted by molar-refractivity contribution is 7.92. The molecule has 0 unspecified atom stereocenters. The normalized spacial score (nSPS) is 12.7. The average Bonchev–Trinajstić information content (AvgIpc) is 2.97. The van der Waals surface area contributed by atoms with Crippen LogP contribution in [-0.2, 0) is 26.2 Å². The molecular weight excluding hydrogens is 573 g/mol. The molecule has 3 rings (SSSR count). The Labute approximate surface area is 253 Å². The van der Waals surface area contributed by atoms with E-state index < -0.39 is 34.3 Å². The number of anilines is 1. The maximum Gasteiger partial charge on any atom is 0.264 e. The molecule has 0 fully saturated rings. The molecule has 0 aromatic heterocycles. The van der Waals surface area contributed by atoms with E-state index in [1.165, 1.54) is 61.6 Å². The van der Waals surface area contributed by atoms with E-state index in [0.29, 0.717) is 23.4 Å². The third-order valence-corrected chi connectivity index (χ3v) is 8.92. The number of nitrogens with zero attached hydrogens (tertiary/aromatic N) is 2. The topological polar surface area (TPSA) is 105 Å². The van der Waals surface area contributed by atoms with E-state index in [0.717, 1.165) is 15.4 Å². The number of methoxy groups -OCH3 is 2.